The van der Waals surface area contributed by atoms with Crippen LogP contribution in [0.15, 0.2) is 97.8 Å². The molecule has 0 radical (unpaired) electrons. The fourth-order valence-corrected chi connectivity index (χ4v) is 4.71. The molecule has 0 spiro atoms. The Kier molecular flexibility index (Phi) is 11.4. The molecule has 0 saturated heterocycles. The number of fused-ring (bicyclic) bond motifs is 1. The standard InChI is InChI=1S/C24H19N3O9S2.2Na/c1-36-19-10-6-5-9-17(19)26-27-22-20(38(33,34)35)12-15-11-16(37(30,31)32)13-18(21(15)23(22)28)25-24(29)14-7-3-2-4-8-14;;/h2-13,28H,1H3,(H,25,29)(H,30,31,32)(H,33,34,35);;/q;2*+1/p-2. The van der Waals surface area contributed by atoms with Gasteiger partial charge in [-0.1, -0.05) is 48.2 Å². The third kappa shape index (κ3) is 7.47. The molecule has 40 heavy (non-hydrogen) atoms. The number of ether oxygens (including phenoxy) is 1. The molecule has 0 aliphatic heterocycles. The van der Waals surface area contributed by atoms with E-state index in [1.165, 1.54) is 25.3 Å². The van der Waals surface area contributed by atoms with E-state index < -0.39 is 58.4 Å². The van der Waals surface area contributed by atoms with Crippen LogP contribution in [0, 0.1) is 0 Å². The Morgan fingerprint density at radius 1 is 0.825 bits per heavy atom. The van der Waals surface area contributed by atoms with Gasteiger partial charge in [0.2, 0.25) is 0 Å². The molecular weight excluding hydrogens is 584 g/mol. The summed E-state index contributed by atoms with van der Waals surface area (Å²) in [7, 11) is -8.61. The third-order valence-corrected chi connectivity index (χ3v) is 6.94. The molecular formula is C24H17N3Na2O9S2. The van der Waals surface area contributed by atoms with Crippen molar-refractivity contribution in [1.29, 1.82) is 0 Å². The van der Waals surface area contributed by atoms with Crippen molar-refractivity contribution >= 4 is 54.0 Å². The maximum atomic E-state index is 13.5. The zero-order chi connectivity index (χ0) is 27.7. The molecule has 2 N–H and O–H groups in total. The van der Waals surface area contributed by atoms with Crippen LogP contribution in [0.5, 0.6) is 11.5 Å². The van der Waals surface area contributed by atoms with E-state index in [4.69, 9.17) is 4.74 Å². The molecule has 0 saturated carbocycles. The van der Waals surface area contributed by atoms with E-state index in [1.54, 1.807) is 36.4 Å². The normalized spacial score (nSPS) is 12.1. The number of methoxy groups -OCH3 is 1. The van der Waals surface area contributed by atoms with Crippen LogP contribution in [0.4, 0.5) is 17.1 Å². The van der Waals surface area contributed by atoms with Gasteiger partial charge in [0.1, 0.15) is 16.3 Å². The number of hydrogen-bond acceptors (Lipinski definition) is 10. The minimum atomic E-state index is -5.09. The third-order valence-electron chi connectivity index (χ3n) is 5.25. The van der Waals surface area contributed by atoms with Crippen LogP contribution < -0.4 is 74.1 Å². The molecule has 196 valence electrons. The second-order valence-corrected chi connectivity index (χ2v) is 10.5. The number of aliphatic imine (C=N–C) groups is 1. The minimum Gasteiger partial charge on any atom is -0.870 e. The van der Waals surface area contributed by atoms with Gasteiger partial charge in [-0.05, 0) is 47.2 Å². The maximum Gasteiger partial charge on any atom is 1.00 e. The van der Waals surface area contributed by atoms with Crippen LogP contribution in [0.1, 0.15) is 5.56 Å². The van der Waals surface area contributed by atoms with Gasteiger partial charge >= 0.3 is 59.1 Å². The van der Waals surface area contributed by atoms with Gasteiger partial charge in [0.05, 0.1) is 23.4 Å². The van der Waals surface area contributed by atoms with E-state index in [-0.39, 0.29) is 81.5 Å². The monoisotopic (exact) mass is 601 g/mol. The van der Waals surface area contributed by atoms with Crippen LogP contribution >= 0.6 is 0 Å². The molecule has 4 aromatic carbocycles. The maximum absolute atomic E-state index is 13.5. The van der Waals surface area contributed by atoms with E-state index in [0.717, 1.165) is 18.2 Å². The van der Waals surface area contributed by atoms with Gasteiger partial charge < -0.3 is 14.9 Å². The first kappa shape index (κ1) is 33.8. The smallest absolute Gasteiger partial charge is 0.870 e. The molecule has 0 aliphatic carbocycles. The Morgan fingerprint density at radius 2 is 1.45 bits per heavy atom. The second kappa shape index (κ2) is 13.5. The number of benzene rings is 4. The van der Waals surface area contributed by atoms with Gasteiger partial charge in [0.15, 0.2) is 0 Å². The molecule has 4 aromatic rings. The van der Waals surface area contributed by atoms with Crippen molar-refractivity contribution in [2.45, 2.75) is 9.79 Å². The first-order valence-electron chi connectivity index (χ1n) is 10.5. The van der Waals surface area contributed by atoms with E-state index in [9.17, 15) is 36.2 Å². The first-order chi connectivity index (χ1) is 17.9. The second-order valence-electron chi connectivity index (χ2n) is 7.70. The minimum absolute atomic E-state index is 0. The van der Waals surface area contributed by atoms with E-state index in [1.807, 2.05) is 0 Å². The Bertz CT molecular complexity index is 1830. The molecule has 0 bridgehead atoms. The average Bonchev–Trinajstić information content (AvgIpc) is 2.87. The quantitative estimate of drug-likeness (QED) is 0.0742. The summed E-state index contributed by atoms with van der Waals surface area (Å²) < 4.78 is 72.6. The number of rotatable bonds is 7. The molecule has 0 aliphatic rings. The molecule has 0 amide bonds. The number of azo groups is 1. The van der Waals surface area contributed by atoms with Crippen molar-refractivity contribution in [2.75, 3.05) is 7.11 Å². The van der Waals surface area contributed by atoms with Crippen molar-refractivity contribution in [3.8, 4) is 11.5 Å². The molecule has 16 heteroatoms. The molecule has 12 nitrogen and oxygen atoms in total. The zero-order valence-electron chi connectivity index (χ0n) is 21.3. The Hall–Kier alpha value is -2.37. The fraction of sp³-hybridized carbons (Fsp3) is 0.0417. The predicted octanol–water partition coefficient (Wildman–Crippen LogP) is -2.72. The van der Waals surface area contributed by atoms with Crippen LogP contribution in [0.2, 0.25) is 0 Å². The number of hydrogen-bond donors (Lipinski definition) is 2. The van der Waals surface area contributed by atoms with Gasteiger partial charge in [-0.3, -0.25) is 14.1 Å². The van der Waals surface area contributed by atoms with Crippen molar-refractivity contribution in [3.63, 3.8) is 0 Å². The summed E-state index contributed by atoms with van der Waals surface area (Å²) in [5.41, 5.74) is -1.07. The van der Waals surface area contributed by atoms with Crippen LogP contribution in [-0.4, -0.2) is 38.9 Å². The van der Waals surface area contributed by atoms with Gasteiger partial charge in [-0.15, -0.1) is 10.2 Å². The fourth-order valence-electron chi connectivity index (χ4n) is 3.52. The van der Waals surface area contributed by atoms with Crippen molar-refractivity contribution in [2.24, 2.45) is 15.2 Å². The SMILES string of the molecule is COc1ccccc1N=Nc1c(S(=O)(=O)O)cc2cc(S(=O)(=O)O)cc(N=C([O-])c3ccccc3)c2c1[O-].[Na+].[Na+]. The van der Waals surface area contributed by atoms with Crippen LogP contribution in [0.25, 0.3) is 10.8 Å². The van der Waals surface area contributed by atoms with Gasteiger partial charge in [0.25, 0.3) is 20.2 Å². The predicted molar refractivity (Wildman–Crippen MR) is 133 cm³/mol. The average molecular weight is 602 g/mol. The number of para-hydroxylation sites is 1. The van der Waals surface area contributed by atoms with E-state index in [2.05, 4.69) is 15.2 Å². The van der Waals surface area contributed by atoms with Gasteiger partial charge in [0, 0.05) is 5.39 Å². The van der Waals surface area contributed by atoms with Gasteiger partial charge in [-0.2, -0.15) is 16.8 Å². The Balaban J connectivity index is 0.00000280. The topological polar surface area (TPSA) is 201 Å². The molecule has 0 fully saturated rings. The summed E-state index contributed by atoms with van der Waals surface area (Å²) in [6.07, 6.45) is 0. The van der Waals surface area contributed by atoms with Crippen molar-refractivity contribution in [1.82, 2.24) is 0 Å². The first-order valence-corrected chi connectivity index (χ1v) is 13.4. The molecule has 0 aromatic heterocycles. The zero-order valence-corrected chi connectivity index (χ0v) is 27.0. The summed E-state index contributed by atoms with van der Waals surface area (Å²) in [5.74, 6) is -1.73. The Morgan fingerprint density at radius 3 is 2.05 bits per heavy atom. The van der Waals surface area contributed by atoms with Crippen molar-refractivity contribution < 1.29 is 100 Å². The molecule has 0 atom stereocenters. The molecule has 0 heterocycles. The van der Waals surface area contributed by atoms with Gasteiger partial charge in [-0.25, -0.2) is 0 Å². The summed E-state index contributed by atoms with van der Waals surface area (Å²) in [5, 5.41) is 33.1. The van der Waals surface area contributed by atoms with Crippen LogP contribution in [-0.2, 0) is 20.2 Å². The van der Waals surface area contributed by atoms with Crippen molar-refractivity contribution in [3.05, 3.63) is 78.4 Å². The largest absolute Gasteiger partial charge is 1.00 e. The number of nitrogens with zero attached hydrogens (tertiary/aromatic N) is 3. The van der Waals surface area contributed by atoms with E-state index in [0.29, 0.717) is 0 Å². The summed E-state index contributed by atoms with van der Waals surface area (Å²) in [6, 6.07) is 16.2. The Labute approximate surface area is 273 Å². The molecule has 4 rings (SSSR count). The summed E-state index contributed by atoms with van der Waals surface area (Å²) in [4.78, 5) is 2.10. The summed E-state index contributed by atoms with van der Waals surface area (Å²) in [6.45, 7) is 0. The van der Waals surface area contributed by atoms with Crippen LogP contribution in [0.3, 0.4) is 0 Å². The molecule has 0 unspecified atom stereocenters. The van der Waals surface area contributed by atoms with E-state index >= 15 is 0 Å². The summed E-state index contributed by atoms with van der Waals surface area (Å²) >= 11 is 0.